The summed E-state index contributed by atoms with van der Waals surface area (Å²) in [5.41, 5.74) is 1.19. The number of benzene rings is 3. The molecule has 0 unspecified atom stereocenters. The largest absolute Gasteiger partial charge is 0.490 e. The predicted molar refractivity (Wildman–Crippen MR) is 145 cm³/mol. The van der Waals surface area contributed by atoms with Gasteiger partial charge in [-0.25, -0.2) is 13.6 Å². The number of carboxylic acids is 1. The third-order valence-corrected chi connectivity index (χ3v) is 6.61. The number of carboxylic acid groups (broad SMARTS) is 1. The molecule has 1 aliphatic rings. The zero-order valence-corrected chi connectivity index (χ0v) is 22.6. The molecule has 4 aromatic rings. The molecule has 0 spiro atoms. The van der Waals surface area contributed by atoms with Gasteiger partial charge in [0.2, 0.25) is 11.3 Å². The van der Waals surface area contributed by atoms with E-state index in [1.807, 2.05) is 0 Å². The first-order valence-corrected chi connectivity index (χ1v) is 12.7. The normalized spacial score (nSPS) is 13.5. The van der Waals surface area contributed by atoms with Gasteiger partial charge in [-0.3, -0.25) is 19.1 Å². The molecule has 5 rings (SSSR count). The quantitative estimate of drug-likeness (QED) is 0.336. The van der Waals surface area contributed by atoms with Crippen LogP contribution in [0.4, 0.5) is 27.6 Å². The van der Waals surface area contributed by atoms with Gasteiger partial charge in [0.05, 0.1) is 34.5 Å². The molecule has 1 fully saturated rings. The fraction of sp³-hybridized carbons (Fsp3) is 0.179. The topological polar surface area (TPSA) is 113 Å². The number of carbonyl (C=O) groups excluding carboxylic acids is 2. The van der Waals surface area contributed by atoms with E-state index in [1.165, 1.54) is 40.3 Å². The number of aliphatic carboxylic acids is 1. The molecule has 1 saturated heterocycles. The number of nitrogens with zero attached hydrogens (tertiary/aromatic N) is 4. The average molecular weight is 623 g/mol. The molecule has 2 heterocycles. The number of rotatable bonds is 4. The minimum Gasteiger partial charge on any atom is -0.475 e. The minimum atomic E-state index is -5.08. The smallest absolute Gasteiger partial charge is 0.475 e. The Labute approximate surface area is 244 Å². The second-order valence-corrected chi connectivity index (χ2v) is 9.58. The van der Waals surface area contributed by atoms with Crippen LogP contribution in [0.15, 0.2) is 71.7 Å². The van der Waals surface area contributed by atoms with Gasteiger partial charge >= 0.3 is 12.1 Å². The van der Waals surface area contributed by atoms with Crippen LogP contribution in [0, 0.1) is 11.6 Å². The molecule has 43 heavy (non-hydrogen) atoms. The maximum absolute atomic E-state index is 14.7. The van der Waals surface area contributed by atoms with Crippen molar-refractivity contribution in [2.24, 2.45) is 0 Å². The highest BCUT2D eigenvalue weighted by molar-refractivity contribution is 6.33. The third-order valence-electron chi connectivity index (χ3n) is 6.31. The number of para-hydroxylation sites is 1. The lowest BCUT2D eigenvalue weighted by atomic mass is 10.1. The number of fused-ring (bicyclic) bond motifs is 1. The van der Waals surface area contributed by atoms with Crippen molar-refractivity contribution in [2.45, 2.75) is 12.7 Å². The van der Waals surface area contributed by atoms with Crippen molar-refractivity contribution in [3.8, 4) is 0 Å². The summed E-state index contributed by atoms with van der Waals surface area (Å²) < 4.78 is 61.4. The number of carbonyl (C=O) groups is 3. The molecule has 224 valence electrons. The lowest BCUT2D eigenvalue weighted by Crippen LogP contribution is -2.52. The van der Waals surface area contributed by atoms with Gasteiger partial charge in [0.15, 0.2) is 0 Å². The summed E-state index contributed by atoms with van der Waals surface area (Å²) in [4.78, 5) is 49.6. The number of hydrogen-bond acceptors (Lipinski definition) is 5. The molecule has 9 nitrogen and oxygen atoms in total. The summed E-state index contributed by atoms with van der Waals surface area (Å²) in [5, 5.41) is 11.9. The van der Waals surface area contributed by atoms with Crippen molar-refractivity contribution in [3.63, 3.8) is 0 Å². The van der Waals surface area contributed by atoms with Crippen LogP contribution in [0.2, 0.25) is 5.02 Å². The van der Waals surface area contributed by atoms with Crippen LogP contribution in [0.5, 0.6) is 0 Å². The van der Waals surface area contributed by atoms with Crippen molar-refractivity contribution >= 4 is 46.0 Å². The molecule has 1 aliphatic heterocycles. The molecular weight excluding hydrogens is 603 g/mol. The van der Waals surface area contributed by atoms with Crippen LogP contribution in [-0.4, -0.2) is 63.4 Å². The predicted octanol–water partition coefficient (Wildman–Crippen LogP) is 4.50. The third kappa shape index (κ3) is 7.15. The van der Waals surface area contributed by atoms with Gasteiger partial charge in [-0.2, -0.15) is 18.3 Å². The second kappa shape index (κ2) is 12.6. The summed E-state index contributed by atoms with van der Waals surface area (Å²) in [6, 6.07) is 14.9. The van der Waals surface area contributed by atoms with Crippen LogP contribution in [-0.2, 0) is 16.1 Å². The van der Waals surface area contributed by atoms with Crippen molar-refractivity contribution in [2.75, 3.05) is 24.5 Å². The number of anilines is 1. The number of alkyl halides is 3. The second-order valence-electron chi connectivity index (χ2n) is 9.17. The minimum absolute atomic E-state index is 0.0884. The first-order valence-electron chi connectivity index (χ1n) is 12.3. The zero-order chi connectivity index (χ0) is 31.5. The molecule has 0 saturated carbocycles. The molecule has 3 aromatic carbocycles. The van der Waals surface area contributed by atoms with Crippen LogP contribution in [0.1, 0.15) is 15.9 Å². The number of halogens is 6. The van der Waals surface area contributed by atoms with E-state index in [4.69, 9.17) is 21.5 Å². The van der Waals surface area contributed by atoms with E-state index in [0.29, 0.717) is 22.2 Å². The van der Waals surface area contributed by atoms with E-state index in [-0.39, 0.29) is 42.2 Å². The van der Waals surface area contributed by atoms with E-state index >= 15 is 0 Å². The zero-order valence-electron chi connectivity index (χ0n) is 21.8. The molecule has 0 bridgehead atoms. The van der Waals surface area contributed by atoms with Crippen LogP contribution in [0.3, 0.4) is 0 Å². The van der Waals surface area contributed by atoms with E-state index in [1.54, 1.807) is 35.0 Å². The van der Waals surface area contributed by atoms with Gasteiger partial charge in [-0.05, 0) is 48.0 Å². The highest BCUT2D eigenvalue weighted by atomic mass is 35.5. The van der Waals surface area contributed by atoms with Crippen LogP contribution >= 0.6 is 11.6 Å². The Kier molecular flexibility index (Phi) is 9.09. The van der Waals surface area contributed by atoms with Gasteiger partial charge in [-0.15, -0.1) is 0 Å². The van der Waals surface area contributed by atoms with E-state index < -0.39 is 35.6 Å². The molecule has 15 heteroatoms. The average Bonchev–Trinajstić information content (AvgIpc) is 2.95. The highest BCUT2D eigenvalue weighted by Crippen LogP contribution is 2.28. The standard InChI is InChI=1S/C26H19ClF2N4O3.C2HF3O2/c27-20-12-17(28)6-8-23(20)32-10-9-31(15-25(32)35)26(36)19-11-16(5-7-21(19)29)14-33-22-4-2-1-3-18(22)24(34)13-30-33;3-2(4,5)1(6)7/h1-8,11-13H,9-10,14-15H2;(H,6,7). The summed E-state index contributed by atoms with van der Waals surface area (Å²) >= 11 is 6.08. The Bertz CT molecular complexity index is 1780. The Balaban J connectivity index is 0.000000541. The number of hydrogen-bond donors (Lipinski definition) is 1. The molecule has 0 radical (unpaired) electrons. The Morgan fingerprint density at radius 1 is 0.977 bits per heavy atom. The van der Waals surface area contributed by atoms with Gasteiger partial charge in [0, 0.05) is 18.5 Å². The van der Waals surface area contributed by atoms with E-state index in [0.717, 1.165) is 6.07 Å². The lowest BCUT2D eigenvalue weighted by Gasteiger charge is -2.34. The molecule has 2 amide bonds. The molecule has 0 atom stereocenters. The van der Waals surface area contributed by atoms with E-state index in [9.17, 15) is 36.3 Å². The monoisotopic (exact) mass is 622 g/mol. The summed E-state index contributed by atoms with van der Waals surface area (Å²) in [5.74, 6) is -5.02. The fourth-order valence-electron chi connectivity index (χ4n) is 4.27. The van der Waals surface area contributed by atoms with Gasteiger partial charge in [0.1, 0.15) is 18.2 Å². The molecule has 0 aliphatic carbocycles. The first-order chi connectivity index (χ1) is 20.3. The van der Waals surface area contributed by atoms with Crippen molar-refractivity contribution in [3.05, 3.63) is 105 Å². The Morgan fingerprint density at radius 2 is 1.67 bits per heavy atom. The molecule has 1 aromatic heterocycles. The Hall–Kier alpha value is -4.85. The van der Waals surface area contributed by atoms with Gasteiger partial charge < -0.3 is 14.9 Å². The number of piperazine rings is 1. The first kappa shape index (κ1) is 31.1. The number of aromatic nitrogens is 2. The summed E-state index contributed by atoms with van der Waals surface area (Å²) in [6.45, 7) is 0.206. The summed E-state index contributed by atoms with van der Waals surface area (Å²) in [6.07, 6.45) is -3.86. The van der Waals surface area contributed by atoms with Crippen LogP contribution in [0.25, 0.3) is 10.9 Å². The Morgan fingerprint density at radius 3 is 2.33 bits per heavy atom. The van der Waals surface area contributed by atoms with Crippen molar-refractivity contribution in [1.29, 1.82) is 0 Å². The maximum atomic E-state index is 14.7. The fourth-order valence-corrected chi connectivity index (χ4v) is 4.54. The van der Waals surface area contributed by atoms with Crippen molar-refractivity contribution < 1.29 is 41.4 Å². The number of amides is 2. The van der Waals surface area contributed by atoms with Gasteiger partial charge in [-0.1, -0.05) is 29.8 Å². The maximum Gasteiger partial charge on any atom is 0.490 e. The summed E-state index contributed by atoms with van der Waals surface area (Å²) in [7, 11) is 0. The highest BCUT2D eigenvalue weighted by Gasteiger charge is 2.38. The SMILES string of the molecule is O=C(O)C(F)(F)F.O=C(c1cc(Cn2ncc(=O)c3ccccc32)ccc1F)N1CCN(c2ccc(F)cc2Cl)C(=O)C1. The molecule has 1 N–H and O–H groups in total. The van der Waals surface area contributed by atoms with Crippen LogP contribution < -0.4 is 10.3 Å². The lowest BCUT2D eigenvalue weighted by molar-refractivity contribution is -0.192. The van der Waals surface area contributed by atoms with E-state index in [2.05, 4.69) is 5.10 Å². The molecular formula is C28H20ClF5N4O5. The van der Waals surface area contributed by atoms with Gasteiger partial charge in [0.25, 0.3) is 5.91 Å². The van der Waals surface area contributed by atoms with Crippen molar-refractivity contribution in [1.82, 2.24) is 14.7 Å².